The van der Waals surface area contributed by atoms with Gasteiger partial charge < -0.3 is 9.84 Å². The van der Waals surface area contributed by atoms with Gasteiger partial charge >= 0.3 is 5.97 Å². The van der Waals surface area contributed by atoms with E-state index in [1.165, 1.54) is 0 Å². The molecule has 5 aliphatic rings. The zero-order valence-electron chi connectivity index (χ0n) is 15.7. The van der Waals surface area contributed by atoms with E-state index in [-0.39, 0.29) is 40.0 Å². The first-order chi connectivity index (χ1) is 12.3. The van der Waals surface area contributed by atoms with Crippen LogP contribution in [-0.4, -0.2) is 28.6 Å². The SMILES string of the molecule is CC12CCC(=O)C=C1C=CC1C2C(O)CC2(C)C1CC[C@@]21CCC(=O)O1. The Bertz CT molecular complexity index is 751. The molecule has 1 saturated heterocycles. The van der Waals surface area contributed by atoms with Gasteiger partial charge in [0.25, 0.3) is 0 Å². The minimum absolute atomic E-state index is 0.0781. The summed E-state index contributed by atoms with van der Waals surface area (Å²) in [7, 11) is 0. The van der Waals surface area contributed by atoms with Crippen molar-refractivity contribution in [2.75, 3.05) is 0 Å². The third kappa shape index (κ3) is 1.89. The highest BCUT2D eigenvalue weighted by molar-refractivity contribution is 5.92. The van der Waals surface area contributed by atoms with Gasteiger partial charge in [0.2, 0.25) is 0 Å². The number of fused-ring (bicyclic) bond motifs is 6. The summed E-state index contributed by atoms with van der Waals surface area (Å²) in [6, 6.07) is 0. The summed E-state index contributed by atoms with van der Waals surface area (Å²) in [6.45, 7) is 4.48. The van der Waals surface area contributed by atoms with E-state index in [2.05, 4.69) is 26.0 Å². The molecule has 4 nitrogen and oxygen atoms in total. The summed E-state index contributed by atoms with van der Waals surface area (Å²) in [5.74, 6) is 0.989. The van der Waals surface area contributed by atoms with Crippen molar-refractivity contribution in [2.24, 2.45) is 28.6 Å². The molecule has 0 amide bonds. The van der Waals surface area contributed by atoms with E-state index in [9.17, 15) is 14.7 Å². The highest BCUT2D eigenvalue weighted by Crippen LogP contribution is 2.68. The molecule has 4 aliphatic carbocycles. The van der Waals surface area contributed by atoms with Crippen LogP contribution in [0.4, 0.5) is 0 Å². The van der Waals surface area contributed by atoms with Crippen molar-refractivity contribution in [3.05, 3.63) is 23.8 Å². The number of rotatable bonds is 0. The molecular formula is C22H28O4. The number of aliphatic hydroxyl groups excluding tert-OH is 1. The Morgan fingerprint density at radius 1 is 1.15 bits per heavy atom. The lowest BCUT2D eigenvalue weighted by atomic mass is 9.47. The minimum atomic E-state index is -0.429. The molecule has 0 aromatic rings. The van der Waals surface area contributed by atoms with Crippen LogP contribution in [0.3, 0.4) is 0 Å². The van der Waals surface area contributed by atoms with Crippen LogP contribution in [0.15, 0.2) is 23.8 Å². The molecule has 0 aromatic heterocycles. The van der Waals surface area contributed by atoms with Gasteiger partial charge in [0, 0.05) is 24.2 Å². The predicted molar refractivity (Wildman–Crippen MR) is 96.1 cm³/mol. The van der Waals surface area contributed by atoms with E-state index in [1.807, 2.05) is 0 Å². The fourth-order valence-electron chi connectivity index (χ4n) is 7.41. The van der Waals surface area contributed by atoms with Crippen LogP contribution in [0, 0.1) is 28.6 Å². The zero-order chi connectivity index (χ0) is 18.3. The van der Waals surface area contributed by atoms with E-state index >= 15 is 0 Å². The topological polar surface area (TPSA) is 63.6 Å². The third-order valence-electron chi connectivity index (χ3n) is 8.79. The first-order valence-corrected chi connectivity index (χ1v) is 10.1. The Morgan fingerprint density at radius 3 is 2.69 bits per heavy atom. The Balaban J connectivity index is 1.58. The van der Waals surface area contributed by atoms with Crippen molar-refractivity contribution in [3.8, 4) is 0 Å². The van der Waals surface area contributed by atoms with Crippen LogP contribution in [0.5, 0.6) is 0 Å². The van der Waals surface area contributed by atoms with E-state index in [0.29, 0.717) is 25.2 Å². The van der Waals surface area contributed by atoms with Crippen LogP contribution in [0.2, 0.25) is 0 Å². The maximum Gasteiger partial charge on any atom is 0.306 e. The molecule has 6 unspecified atom stereocenters. The summed E-state index contributed by atoms with van der Waals surface area (Å²) in [5.41, 5.74) is 0.425. The Kier molecular flexibility index (Phi) is 3.28. The van der Waals surface area contributed by atoms with Crippen molar-refractivity contribution in [1.29, 1.82) is 0 Å². The fraction of sp³-hybridized carbons (Fsp3) is 0.727. The van der Waals surface area contributed by atoms with Gasteiger partial charge in [-0.25, -0.2) is 0 Å². The molecule has 3 fully saturated rings. The van der Waals surface area contributed by atoms with Gasteiger partial charge in [0.05, 0.1) is 6.10 Å². The van der Waals surface area contributed by atoms with E-state index in [1.54, 1.807) is 6.08 Å². The van der Waals surface area contributed by atoms with Crippen LogP contribution < -0.4 is 0 Å². The number of ether oxygens (including phenoxy) is 1. The lowest BCUT2D eigenvalue weighted by molar-refractivity contribution is -0.177. The zero-order valence-corrected chi connectivity index (χ0v) is 15.7. The number of carbonyl (C=O) groups excluding carboxylic acids is 2. The van der Waals surface area contributed by atoms with Gasteiger partial charge in [0.15, 0.2) is 5.78 Å². The van der Waals surface area contributed by atoms with Crippen LogP contribution >= 0.6 is 0 Å². The number of ketones is 1. The van der Waals surface area contributed by atoms with Crippen molar-refractivity contribution in [2.45, 2.75) is 70.5 Å². The number of carbonyl (C=O) groups is 2. The molecule has 7 atom stereocenters. The van der Waals surface area contributed by atoms with Crippen molar-refractivity contribution >= 4 is 11.8 Å². The van der Waals surface area contributed by atoms with Gasteiger partial charge in [-0.2, -0.15) is 0 Å². The summed E-state index contributed by atoms with van der Waals surface area (Å²) in [5, 5.41) is 11.3. The minimum Gasteiger partial charge on any atom is -0.458 e. The molecule has 5 rings (SSSR count). The van der Waals surface area contributed by atoms with Gasteiger partial charge in [-0.15, -0.1) is 0 Å². The Labute approximate surface area is 154 Å². The number of esters is 1. The van der Waals surface area contributed by atoms with Crippen LogP contribution in [0.1, 0.15) is 58.8 Å². The summed E-state index contributed by atoms with van der Waals surface area (Å²) in [4.78, 5) is 23.8. The predicted octanol–water partition coefficient (Wildman–Crippen LogP) is 3.34. The van der Waals surface area contributed by atoms with E-state index in [0.717, 1.165) is 31.3 Å². The van der Waals surface area contributed by atoms with Crippen molar-refractivity contribution in [3.63, 3.8) is 0 Å². The average molecular weight is 356 g/mol. The molecule has 2 saturated carbocycles. The Hall–Kier alpha value is -1.42. The molecule has 0 radical (unpaired) electrons. The highest BCUT2D eigenvalue weighted by atomic mass is 16.6. The van der Waals surface area contributed by atoms with Gasteiger partial charge in [-0.1, -0.05) is 26.0 Å². The molecule has 1 N–H and O–H groups in total. The second-order valence-corrected chi connectivity index (χ2v) is 9.75. The monoisotopic (exact) mass is 356 g/mol. The standard InChI is InChI=1S/C22H28O4/c1-20-8-5-14(23)11-13(20)3-4-15-16-6-9-22(10-7-18(25)26-22)21(16,2)12-17(24)19(15)20/h3-4,11,15-17,19,24H,5-10,12H2,1-2H3/t15?,16?,17?,19?,20?,21?,22-/m1/s1. The lowest BCUT2D eigenvalue weighted by Gasteiger charge is -2.58. The maximum absolute atomic E-state index is 11.9. The average Bonchev–Trinajstić information content (AvgIpc) is 3.09. The van der Waals surface area contributed by atoms with Gasteiger partial charge in [-0.3, -0.25) is 9.59 Å². The third-order valence-corrected chi connectivity index (χ3v) is 8.79. The second-order valence-electron chi connectivity index (χ2n) is 9.75. The number of hydrogen-bond acceptors (Lipinski definition) is 4. The molecule has 140 valence electrons. The lowest BCUT2D eigenvalue weighted by Crippen LogP contribution is -2.58. The van der Waals surface area contributed by atoms with E-state index in [4.69, 9.17) is 4.74 Å². The van der Waals surface area contributed by atoms with E-state index < -0.39 is 6.10 Å². The summed E-state index contributed by atoms with van der Waals surface area (Å²) in [6.07, 6.45) is 11.1. The molecule has 26 heavy (non-hydrogen) atoms. The van der Waals surface area contributed by atoms with Gasteiger partial charge in [-0.05, 0) is 61.0 Å². The molecule has 0 aromatic carbocycles. The molecule has 1 spiro atoms. The quantitative estimate of drug-likeness (QED) is 0.676. The first-order valence-electron chi connectivity index (χ1n) is 10.1. The smallest absolute Gasteiger partial charge is 0.306 e. The molecule has 1 aliphatic heterocycles. The molecular weight excluding hydrogens is 328 g/mol. The summed E-state index contributed by atoms with van der Waals surface area (Å²) < 4.78 is 5.93. The number of hydrogen-bond donors (Lipinski definition) is 1. The Morgan fingerprint density at radius 2 is 1.96 bits per heavy atom. The number of allylic oxidation sites excluding steroid dienone is 4. The van der Waals surface area contributed by atoms with Crippen molar-refractivity contribution < 1.29 is 19.4 Å². The maximum atomic E-state index is 11.9. The molecule has 0 bridgehead atoms. The molecule has 1 heterocycles. The number of aliphatic hydroxyl groups is 1. The first kappa shape index (κ1) is 16.7. The van der Waals surface area contributed by atoms with Crippen LogP contribution in [-0.2, 0) is 14.3 Å². The summed E-state index contributed by atoms with van der Waals surface area (Å²) >= 11 is 0. The normalized spacial score (nSPS) is 52.3. The second kappa shape index (κ2) is 5.09. The molecule has 4 heteroatoms. The largest absolute Gasteiger partial charge is 0.458 e. The fourth-order valence-corrected chi connectivity index (χ4v) is 7.41. The van der Waals surface area contributed by atoms with Crippen LogP contribution in [0.25, 0.3) is 0 Å². The van der Waals surface area contributed by atoms with Gasteiger partial charge in [0.1, 0.15) is 5.60 Å². The van der Waals surface area contributed by atoms with Crippen molar-refractivity contribution in [1.82, 2.24) is 0 Å². The highest BCUT2D eigenvalue weighted by Gasteiger charge is 2.68.